The largest absolute Gasteiger partial charge is 0.481 e. The fourth-order valence-corrected chi connectivity index (χ4v) is 2.82. The number of hydrogen-bond acceptors (Lipinski definition) is 2. The Kier molecular flexibility index (Phi) is 4.63. The van der Waals surface area contributed by atoms with E-state index >= 15 is 0 Å². The van der Waals surface area contributed by atoms with Crippen molar-refractivity contribution in [3.05, 3.63) is 22.4 Å². The second-order valence-electron chi connectivity index (χ2n) is 4.92. The molecule has 1 saturated heterocycles. The molecule has 104 valence electrons. The van der Waals surface area contributed by atoms with Crippen molar-refractivity contribution in [2.24, 2.45) is 5.92 Å². The molecule has 1 amide bonds. The maximum atomic E-state index is 12.3. The first-order valence-electron chi connectivity index (χ1n) is 6.41. The Labute approximate surface area is 120 Å². The van der Waals surface area contributed by atoms with Gasteiger partial charge in [-0.05, 0) is 47.2 Å². The summed E-state index contributed by atoms with van der Waals surface area (Å²) >= 11 is 3.31. The van der Waals surface area contributed by atoms with Crippen LogP contribution < -0.4 is 0 Å². The number of aliphatic carboxylic acids is 1. The molecule has 1 atom stereocenters. The number of carboxylic acid groups (broad SMARTS) is 1. The van der Waals surface area contributed by atoms with Crippen LogP contribution in [0.15, 0.2) is 16.7 Å². The Hall–Kier alpha value is -1.30. The number of H-pyrrole nitrogens is 1. The number of halogens is 1. The Morgan fingerprint density at radius 1 is 1.53 bits per heavy atom. The van der Waals surface area contributed by atoms with E-state index in [1.807, 2.05) is 4.90 Å². The third kappa shape index (κ3) is 3.83. The molecule has 0 unspecified atom stereocenters. The zero-order chi connectivity index (χ0) is 13.8. The second-order valence-corrected chi connectivity index (χ2v) is 5.84. The third-order valence-corrected chi connectivity index (χ3v) is 3.91. The van der Waals surface area contributed by atoms with E-state index < -0.39 is 5.97 Å². The summed E-state index contributed by atoms with van der Waals surface area (Å²) < 4.78 is 0.857. The van der Waals surface area contributed by atoms with Gasteiger partial charge in [0.1, 0.15) is 5.69 Å². The first kappa shape index (κ1) is 14.1. The average molecular weight is 329 g/mol. The highest BCUT2D eigenvalue weighted by Gasteiger charge is 2.25. The quantitative estimate of drug-likeness (QED) is 0.891. The van der Waals surface area contributed by atoms with Gasteiger partial charge in [-0.1, -0.05) is 0 Å². The molecule has 1 aliphatic heterocycles. The van der Waals surface area contributed by atoms with Crippen molar-refractivity contribution in [2.45, 2.75) is 25.7 Å². The van der Waals surface area contributed by atoms with Crippen molar-refractivity contribution in [2.75, 3.05) is 13.1 Å². The summed E-state index contributed by atoms with van der Waals surface area (Å²) in [6, 6.07) is 1.77. The van der Waals surface area contributed by atoms with Gasteiger partial charge in [0, 0.05) is 30.2 Å². The molecule has 1 aromatic rings. The van der Waals surface area contributed by atoms with Gasteiger partial charge in [-0.2, -0.15) is 0 Å². The molecular weight excluding hydrogens is 312 g/mol. The van der Waals surface area contributed by atoms with E-state index in [9.17, 15) is 9.59 Å². The van der Waals surface area contributed by atoms with E-state index in [2.05, 4.69) is 20.9 Å². The lowest BCUT2D eigenvalue weighted by atomic mass is 9.93. The maximum absolute atomic E-state index is 12.3. The van der Waals surface area contributed by atoms with E-state index in [0.29, 0.717) is 24.6 Å². The van der Waals surface area contributed by atoms with Gasteiger partial charge in [0.25, 0.3) is 5.91 Å². The van der Waals surface area contributed by atoms with Crippen LogP contribution in [0.25, 0.3) is 0 Å². The summed E-state index contributed by atoms with van der Waals surface area (Å²) in [7, 11) is 0. The highest BCUT2D eigenvalue weighted by atomic mass is 79.9. The summed E-state index contributed by atoms with van der Waals surface area (Å²) in [4.78, 5) is 27.6. The molecule has 1 aromatic heterocycles. The van der Waals surface area contributed by atoms with E-state index in [1.54, 1.807) is 12.3 Å². The monoisotopic (exact) mass is 328 g/mol. The Morgan fingerprint density at radius 3 is 2.95 bits per heavy atom. The number of rotatable bonds is 4. The topological polar surface area (TPSA) is 73.4 Å². The molecule has 6 heteroatoms. The normalized spacial score (nSPS) is 19.4. The number of piperidine rings is 1. The minimum Gasteiger partial charge on any atom is -0.481 e. The van der Waals surface area contributed by atoms with Crippen molar-refractivity contribution < 1.29 is 14.7 Å². The molecule has 2 rings (SSSR count). The van der Waals surface area contributed by atoms with Gasteiger partial charge in [0.15, 0.2) is 0 Å². The van der Waals surface area contributed by atoms with Crippen molar-refractivity contribution >= 4 is 27.8 Å². The van der Waals surface area contributed by atoms with Crippen LogP contribution in [0.1, 0.15) is 36.2 Å². The number of aromatic nitrogens is 1. The molecule has 0 aromatic carbocycles. The van der Waals surface area contributed by atoms with E-state index in [-0.39, 0.29) is 12.3 Å². The molecule has 0 saturated carbocycles. The molecule has 0 aliphatic carbocycles. The van der Waals surface area contributed by atoms with Crippen LogP contribution in [-0.4, -0.2) is 40.0 Å². The third-order valence-electron chi connectivity index (χ3n) is 3.45. The number of nitrogens with zero attached hydrogens (tertiary/aromatic N) is 1. The molecule has 5 nitrogen and oxygen atoms in total. The molecule has 0 spiro atoms. The molecule has 0 bridgehead atoms. The lowest BCUT2D eigenvalue weighted by Gasteiger charge is -2.32. The zero-order valence-electron chi connectivity index (χ0n) is 10.6. The summed E-state index contributed by atoms with van der Waals surface area (Å²) in [6.07, 6.45) is 4.51. The van der Waals surface area contributed by atoms with Gasteiger partial charge in [0.2, 0.25) is 0 Å². The van der Waals surface area contributed by atoms with Gasteiger partial charge in [-0.25, -0.2) is 0 Å². The molecule has 1 fully saturated rings. The maximum Gasteiger partial charge on any atom is 0.303 e. The number of carbonyl (C=O) groups excluding carboxylic acids is 1. The number of aromatic amines is 1. The molecule has 2 heterocycles. The smallest absolute Gasteiger partial charge is 0.303 e. The predicted molar refractivity (Wildman–Crippen MR) is 74.0 cm³/mol. The van der Waals surface area contributed by atoms with Crippen molar-refractivity contribution in [1.29, 1.82) is 0 Å². The lowest BCUT2D eigenvalue weighted by molar-refractivity contribution is -0.137. The SMILES string of the molecule is O=C(O)CC[C@@H]1CCCN(C(=O)c2cc(Br)c[nH]2)C1. The summed E-state index contributed by atoms with van der Waals surface area (Å²) in [5.41, 5.74) is 0.575. The van der Waals surface area contributed by atoms with E-state index in [1.165, 1.54) is 0 Å². The summed E-state index contributed by atoms with van der Waals surface area (Å²) in [6.45, 7) is 1.40. The molecule has 19 heavy (non-hydrogen) atoms. The van der Waals surface area contributed by atoms with Gasteiger partial charge in [-0.3, -0.25) is 9.59 Å². The first-order valence-corrected chi connectivity index (χ1v) is 7.20. The van der Waals surface area contributed by atoms with Gasteiger partial charge < -0.3 is 15.0 Å². The Balaban J connectivity index is 1.93. The predicted octanol–water partition coefficient (Wildman–Crippen LogP) is 2.49. The van der Waals surface area contributed by atoms with Crippen LogP contribution in [0.2, 0.25) is 0 Å². The van der Waals surface area contributed by atoms with Crippen LogP contribution in [0, 0.1) is 5.92 Å². The molecule has 2 N–H and O–H groups in total. The van der Waals surface area contributed by atoms with Crippen LogP contribution in [0.4, 0.5) is 0 Å². The number of carbonyl (C=O) groups is 2. The van der Waals surface area contributed by atoms with E-state index in [0.717, 1.165) is 23.9 Å². The van der Waals surface area contributed by atoms with Crippen LogP contribution in [0.5, 0.6) is 0 Å². The summed E-state index contributed by atoms with van der Waals surface area (Å²) in [5.74, 6) is -0.477. The average Bonchev–Trinajstić information content (AvgIpc) is 2.82. The number of amides is 1. The van der Waals surface area contributed by atoms with Gasteiger partial charge >= 0.3 is 5.97 Å². The van der Waals surface area contributed by atoms with Crippen LogP contribution in [-0.2, 0) is 4.79 Å². The lowest BCUT2D eigenvalue weighted by Crippen LogP contribution is -2.40. The Morgan fingerprint density at radius 2 is 2.32 bits per heavy atom. The fourth-order valence-electron chi connectivity index (χ4n) is 2.47. The zero-order valence-corrected chi connectivity index (χ0v) is 12.1. The minimum atomic E-state index is -0.767. The number of hydrogen-bond donors (Lipinski definition) is 2. The molecular formula is C13H17BrN2O3. The minimum absolute atomic E-state index is 0.00859. The fraction of sp³-hybridized carbons (Fsp3) is 0.538. The first-order chi connectivity index (χ1) is 9.06. The highest BCUT2D eigenvalue weighted by molar-refractivity contribution is 9.10. The van der Waals surface area contributed by atoms with Gasteiger partial charge in [0.05, 0.1) is 0 Å². The van der Waals surface area contributed by atoms with Crippen LogP contribution >= 0.6 is 15.9 Å². The van der Waals surface area contributed by atoms with Crippen molar-refractivity contribution in [3.8, 4) is 0 Å². The van der Waals surface area contributed by atoms with Crippen molar-refractivity contribution in [1.82, 2.24) is 9.88 Å². The second kappa shape index (κ2) is 6.23. The molecule has 0 radical (unpaired) electrons. The number of carboxylic acids is 1. The van der Waals surface area contributed by atoms with Crippen molar-refractivity contribution in [3.63, 3.8) is 0 Å². The highest BCUT2D eigenvalue weighted by Crippen LogP contribution is 2.23. The summed E-state index contributed by atoms with van der Waals surface area (Å²) in [5, 5.41) is 8.71. The number of likely N-dealkylation sites (tertiary alicyclic amines) is 1. The number of nitrogens with one attached hydrogen (secondary N) is 1. The standard InChI is InChI=1S/C13H17BrN2O3/c14-10-6-11(15-7-10)13(19)16-5-1-2-9(8-16)3-4-12(17)18/h6-7,9,15H,1-5,8H2,(H,17,18)/t9-/m0/s1. The molecule has 1 aliphatic rings. The van der Waals surface area contributed by atoms with E-state index in [4.69, 9.17) is 5.11 Å². The van der Waals surface area contributed by atoms with Crippen LogP contribution in [0.3, 0.4) is 0 Å². The van der Waals surface area contributed by atoms with Gasteiger partial charge in [-0.15, -0.1) is 0 Å². The Bertz CT molecular complexity index is 472.